The Hall–Kier alpha value is -1.83. The number of aromatic amines is 1. The Morgan fingerprint density at radius 3 is 2.65 bits per heavy atom. The van der Waals surface area contributed by atoms with Crippen molar-refractivity contribution in [2.75, 3.05) is 5.73 Å². The third-order valence-electron chi connectivity index (χ3n) is 2.09. The van der Waals surface area contributed by atoms with Gasteiger partial charge in [-0.25, -0.2) is 18.7 Å². The second-order valence-electron chi connectivity index (χ2n) is 3.28. The maximum absolute atomic E-state index is 13.0. The maximum atomic E-state index is 13.0. The Kier molecular flexibility index (Phi) is 2.88. The number of H-pyrrole nitrogens is 1. The second kappa shape index (κ2) is 4.21. The quantitative estimate of drug-likeness (QED) is 0.791. The van der Waals surface area contributed by atoms with E-state index in [4.69, 9.17) is 5.73 Å². The second-order valence-corrected chi connectivity index (χ2v) is 4.29. The van der Waals surface area contributed by atoms with E-state index in [2.05, 4.69) is 10.2 Å². The van der Waals surface area contributed by atoms with Gasteiger partial charge in [0.2, 0.25) is 0 Å². The molecule has 1 heterocycles. The number of benzene rings is 1. The fourth-order valence-electron chi connectivity index (χ4n) is 1.15. The van der Waals surface area contributed by atoms with Crippen LogP contribution >= 0.6 is 11.8 Å². The van der Waals surface area contributed by atoms with Gasteiger partial charge in [0.05, 0.1) is 0 Å². The van der Waals surface area contributed by atoms with Crippen molar-refractivity contribution in [2.24, 2.45) is 7.05 Å². The molecule has 5 nitrogen and oxygen atoms in total. The lowest BCUT2D eigenvalue weighted by Crippen LogP contribution is -2.12. The van der Waals surface area contributed by atoms with Crippen LogP contribution in [0.15, 0.2) is 27.0 Å². The Bertz CT molecular complexity index is 622. The number of hydrogen-bond donors (Lipinski definition) is 2. The average molecular weight is 258 g/mol. The standard InChI is InChI=1S/C9H8F2N4OS/c1-15-8(16)13-14-9(15)17-7-3-5(11)4(10)2-6(7)12/h2-3H,12H2,1H3,(H,13,16). The van der Waals surface area contributed by atoms with Crippen LogP contribution in [-0.2, 0) is 7.05 Å². The fraction of sp³-hybridized carbons (Fsp3) is 0.111. The molecule has 0 fully saturated rings. The van der Waals surface area contributed by atoms with E-state index in [0.717, 1.165) is 23.9 Å². The van der Waals surface area contributed by atoms with Crippen LogP contribution in [0.25, 0.3) is 0 Å². The number of halogens is 2. The topological polar surface area (TPSA) is 76.7 Å². The third kappa shape index (κ3) is 2.16. The van der Waals surface area contributed by atoms with E-state index in [1.165, 1.54) is 11.6 Å². The minimum absolute atomic E-state index is 0.0874. The van der Waals surface area contributed by atoms with Crippen molar-refractivity contribution in [3.05, 3.63) is 34.3 Å². The molecule has 0 aliphatic rings. The molecule has 2 aromatic rings. The van der Waals surface area contributed by atoms with Crippen LogP contribution in [0.3, 0.4) is 0 Å². The Balaban J connectivity index is 2.40. The molecule has 0 radical (unpaired) electrons. The zero-order chi connectivity index (χ0) is 12.6. The Morgan fingerprint density at radius 1 is 1.41 bits per heavy atom. The summed E-state index contributed by atoms with van der Waals surface area (Å²) in [4.78, 5) is 11.4. The van der Waals surface area contributed by atoms with Crippen molar-refractivity contribution in [2.45, 2.75) is 10.1 Å². The van der Waals surface area contributed by atoms with Crippen molar-refractivity contribution in [3.8, 4) is 0 Å². The van der Waals surface area contributed by atoms with Crippen LogP contribution in [-0.4, -0.2) is 14.8 Å². The number of nitrogen functional groups attached to an aromatic ring is 1. The summed E-state index contributed by atoms with van der Waals surface area (Å²) in [7, 11) is 1.50. The number of nitrogens with one attached hydrogen (secondary N) is 1. The van der Waals surface area contributed by atoms with E-state index in [0.29, 0.717) is 10.1 Å². The molecule has 0 amide bonds. The van der Waals surface area contributed by atoms with Gasteiger partial charge in [-0.3, -0.25) is 4.57 Å². The van der Waals surface area contributed by atoms with E-state index in [1.54, 1.807) is 0 Å². The van der Waals surface area contributed by atoms with Crippen LogP contribution in [0.1, 0.15) is 0 Å². The maximum Gasteiger partial charge on any atom is 0.343 e. The summed E-state index contributed by atoms with van der Waals surface area (Å²) in [5, 5.41) is 6.26. The first-order valence-electron chi connectivity index (χ1n) is 4.53. The van der Waals surface area contributed by atoms with Crippen LogP contribution in [0, 0.1) is 11.6 Å². The van der Waals surface area contributed by atoms with Crippen molar-refractivity contribution in [3.63, 3.8) is 0 Å². The van der Waals surface area contributed by atoms with Crippen molar-refractivity contribution in [1.82, 2.24) is 14.8 Å². The molecular weight excluding hydrogens is 250 g/mol. The number of nitrogens with zero attached hydrogens (tertiary/aromatic N) is 2. The zero-order valence-corrected chi connectivity index (χ0v) is 9.52. The molecule has 17 heavy (non-hydrogen) atoms. The number of nitrogens with two attached hydrogens (primary N) is 1. The number of hydrogen-bond acceptors (Lipinski definition) is 4. The largest absolute Gasteiger partial charge is 0.398 e. The molecule has 0 unspecified atom stereocenters. The predicted molar refractivity (Wildman–Crippen MR) is 58.7 cm³/mol. The lowest BCUT2D eigenvalue weighted by molar-refractivity contribution is 0.506. The summed E-state index contributed by atoms with van der Waals surface area (Å²) in [5.41, 5.74) is 5.23. The smallest absolute Gasteiger partial charge is 0.343 e. The van der Waals surface area contributed by atoms with Gasteiger partial charge in [-0.15, -0.1) is 5.10 Å². The molecule has 0 spiro atoms. The van der Waals surface area contributed by atoms with Gasteiger partial charge < -0.3 is 5.73 Å². The molecular formula is C9H8F2N4OS. The van der Waals surface area contributed by atoms with Gasteiger partial charge in [0.25, 0.3) is 0 Å². The summed E-state index contributed by atoms with van der Waals surface area (Å²) < 4.78 is 27.1. The third-order valence-corrected chi connectivity index (χ3v) is 3.21. The lowest BCUT2D eigenvalue weighted by atomic mass is 10.3. The molecule has 0 bridgehead atoms. The average Bonchev–Trinajstić information content (AvgIpc) is 2.58. The highest BCUT2D eigenvalue weighted by molar-refractivity contribution is 7.99. The van der Waals surface area contributed by atoms with Gasteiger partial charge in [0.15, 0.2) is 16.8 Å². The van der Waals surface area contributed by atoms with E-state index < -0.39 is 17.3 Å². The first-order chi connectivity index (χ1) is 7.99. The molecule has 2 rings (SSSR count). The molecule has 8 heteroatoms. The summed E-state index contributed by atoms with van der Waals surface area (Å²) in [6.45, 7) is 0. The molecule has 1 aromatic heterocycles. The van der Waals surface area contributed by atoms with Gasteiger partial charge in [0, 0.05) is 23.7 Å². The minimum atomic E-state index is -1.01. The summed E-state index contributed by atoms with van der Waals surface area (Å²) >= 11 is 0.973. The van der Waals surface area contributed by atoms with E-state index in [-0.39, 0.29) is 5.69 Å². The molecule has 3 N–H and O–H groups in total. The molecule has 0 aliphatic heterocycles. The first-order valence-corrected chi connectivity index (χ1v) is 5.34. The van der Waals surface area contributed by atoms with E-state index in [1.807, 2.05) is 0 Å². The first kappa shape index (κ1) is 11.6. The molecule has 0 aliphatic carbocycles. The van der Waals surface area contributed by atoms with Crippen molar-refractivity contribution < 1.29 is 8.78 Å². The number of rotatable bonds is 2. The Morgan fingerprint density at radius 2 is 2.06 bits per heavy atom. The minimum Gasteiger partial charge on any atom is -0.398 e. The highest BCUT2D eigenvalue weighted by atomic mass is 32.2. The van der Waals surface area contributed by atoms with Crippen LogP contribution in [0.2, 0.25) is 0 Å². The predicted octanol–water partition coefficient (Wildman–Crippen LogP) is 1.12. The lowest BCUT2D eigenvalue weighted by Gasteiger charge is -2.04. The number of aromatic nitrogens is 3. The van der Waals surface area contributed by atoms with Crippen molar-refractivity contribution >= 4 is 17.4 Å². The van der Waals surface area contributed by atoms with E-state index in [9.17, 15) is 13.6 Å². The van der Waals surface area contributed by atoms with Gasteiger partial charge in [-0.05, 0) is 17.8 Å². The molecule has 0 saturated heterocycles. The van der Waals surface area contributed by atoms with Crippen LogP contribution < -0.4 is 11.4 Å². The summed E-state index contributed by atoms with van der Waals surface area (Å²) in [6.07, 6.45) is 0. The van der Waals surface area contributed by atoms with Crippen LogP contribution in [0.4, 0.5) is 14.5 Å². The normalized spacial score (nSPS) is 10.8. The van der Waals surface area contributed by atoms with Gasteiger partial charge in [-0.1, -0.05) is 0 Å². The molecule has 90 valence electrons. The molecule has 0 saturated carbocycles. The zero-order valence-electron chi connectivity index (χ0n) is 8.70. The fourth-order valence-corrected chi connectivity index (χ4v) is 2.00. The SMILES string of the molecule is Cn1c(Sc2cc(F)c(F)cc2N)n[nH]c1=O. The highest BCUT2D eigenvalue weighted by Gasteiger charge is 2.12. The van der Waals surface area contributed by atoms with Gasteiger partial charge >= 0.3 is 5.69 Å². The molecule has 0 atom stereocenters. The highest BCUT2D eigenvalue weighted by Crippen LogP contribution is 2.31. The summed E-state index contributed by atoms with van der Waals surface area (Å²) in [6, 6.07) is 1.86. The summed E-state index contributed by atoms with van der Waals surface area (Å²) in [5.74, 6) is -2.01. The van der Waals surface area contributed by atoms with Crippen molar-refractivity contribution in [1.29, 1.82) is 0 Å². The van der Waals surface area contributed by atoms with E-state index >= 15 is 0 Å². The molecule has 1 aromatic carbocycles. The van der Waals surface area contributed by atoms with Crippen LogP contribution in [0.5, 0.6) is 0 Å². The van der Waals surface area contributed by atoms with Gasteiger partial charge in [0.1, 0.15) is 0 Å². The monoisotopic (exact) mass is 258 g/mol. The Labute approximate surface area is 98.6 Å². The number of anilines is 1. The van der Waals surface area contributed by atoms with Gasteiger partial charge in [-0.2, -0.15) is 0 Å².